The molecule has 0 aliphatic carbocycles. The Balaban J connectivity index is 0. The fourth-order valence-electron chi connectivity index (χ4n) is 0. The maximum atomic E-state index is 3.49. The largest absolute Gasteiger partial charge is 2.00 e. The molecule has 0 N–H and O–H groups in total. The minimum absolute atomic E-state index is 0. The van der Waals surface area contributed by atoms with Gasteiger partial charge in [-0.05, 0) is 0 Å². The van der Waals surface area contributed by atoms with Crippen LogP contribution >= 0.6 is 0 Å². The fraction of sp³-hybridized carbons (Fsp3) is 0.667. The molecule has 0 rings (SSSR count). The predicted molar refractivity (Wildman–Crippen MR) is 15.6 cm³/mol. The van der Waals surface area contributed by atoms with Gasteiger partial charge in [0.1, 0.15) is 0 Å². The summed E-state index contributed by atoms with van der Waals surface area (Å²) in [7, 11) is 0. The average molecular weight is 94.0 g/mol. The summed E-state index contributed by atoms with van der Waals surface area (Å²) in [6.07, 6.45) is 1.00. The van der Waals surface area contributed by atoms with Crippen LogP contribution in [0.5, 0.6) is 0 Å². The van der Waals surface area contributed by atoms with E-state index in [0.29, 0.717) is 0 Å². The zero-order valence-electron chi connectivity index (χ0n) is 2.86. The van der Waals surface area contributed by atoms with Gasteiger partial charge in [0.15, 0.2) is 0 Å². The third-order valence-corrected chi connectivity index (χ3v) is 0. The Morgan fingerprint density at radius 1 is 1.75 bits per heavy atom. The van der Waals surface area contributed by atoms with Crippen molar-refractivity contribution in [2.75, 3.05) is 0 Å². The maximum Gasteiger partial charge on any atom is 2.00 e. The Morgan fingerprint density at radius 2 is 1.75 bits per heavy atom. The molecule has 0 aliphatic heterocycles. The Bertz CT molecular complexity index is 3.25. The van der Waals surface area contributed by atoms with Crippen molar-refractivity contribution in [1.82, 2.24) is 0 Å². The van der Waals surface area contributed by atoms with Crippen LogP contribution in [-0.2, 0) is 18.6 Å². The molecule has 0 fully saturated rings. The molecule has 0 saturated carbocycles. The molecule has 4 heavy (non-hydrogen) atoms. The van der Waals surface area contributed by atoms with Crippen LogP contribution in [0.3, 0.4) is 0 Å². The molecule has 23 valence electrons. The summed E-state index contributed by atoms with van der Waals surface area (Å²) in [5, 5.41) is 0. The first kappa shape index (κ1) is 8.82. The monoisotopic (exact) mass is 94.0 g/mol. The van der Waals surface area contributed by atoms with Gasteiger partial charge in [-0.2, -0.15) is 6.42 Å². The smallest absolute Gasteiger partial charge is 0.344 e. The van der Waals surface area contributed by atoms with Crippen LogP contribution in [-0.4, -0.2) is 0 Å². The van der Waals surface area contributed by atoms with Gasteiger partial charge in [-0.1, -0.05) is 6.92 Å². The quantitative estimate of drug-likeness (QED) is 0.396. The van der Waals surface area contributed by atoms with E-state index >= 15 is 0 Å². The van der Waals surface area contributed by atoms with Crippen LogP contribution in [0.4, 0.5) is 0 Å². The van der Waals surface area contributed by atoms with Crippen LogP contribution in [0, 0.1) is 6.92 Å². The van der Waals surface area contributed by atoms with Crippen LogP contribution in [0.1, 0.15) is 13.3 Å². The number of rotatable bonds is 0. The van der Waals surface area contributed by atoms with Gasteiger partial charge in [0.25, 0.3) is 0 Å². The van der Waals surface area contributed by atoms with Crippen molar-refractivity contribution in [1.29, 1.82) is 0 Å². The summed E-state index contributed by atoms with van der Waals surface area (Å²) >= 11 is 0. The van der Waals surface area contributed by atoms with Crippen molar-refractivity contribution in [3.63, 3.8) is 0 Å². The molecular formula is C3H7V+. The van der Waals surface area contributed by atoms with Crippen molar-refractivity contribution in [3.05, 3.63) is 6.92 Å². The number of hydrogen-bond acceptors (Lipinski definition) is 0. The third kappa shape index (κ3) is 19.0. The molecule has 0 saturated heterocycles. The van der Waals surface area contributed by atoms with E-state index in [4.69, 9.17) is 0 Å². The van der Waals surface area contributed by atoms with Gasteiger partial charge in [0, 0.05) is 0 Å². The topological polar surface area (TPSA) is 0 Å². The minimum Gasteiger partial charge on any atom is -0.344 e. The molecular weight excluding hydrogens is 87.0 g/mol. The molecule has 0 aromatic carbocycles. The van der Waals surface area contributed by atoms with Crippen molar-refractivity contribution in [2.45, 2.75) is 13.3 Å². The fourth-order valence-corrected chi connectivity index (χ4v) is 0. The first-order valence-electron chi connectivity index (χ1n) is 1.21. The van der Waals surface area contributed by atoms with E-state index in [2.05, 4.69) is 6.92 Å². The molecule has 0 atom stereocenters. The SMILES string of the molecule is [CH2-]CC.[V+2]. The van der Waals surface area contributed by atoms with Crippen molar-refractivity contribution in [2.24, 2.45) is 0 Å². The Morgan fingerprint density at radius 3 is 1.75 bits per heavy atom. The standard InChI is InChI=1S/C3H7.V/c1-3-2;/h1,3H2,2H3;/q-1;+2. The molecule has 0 nitrogen and oxygen atoms in total. The third-order valence-electron chi connectivity index (χ3n) is 0. The van der Waals surface area contributed by atoms with Crippen LogP contribution in [0.15, 0.2) is 0 Å². The van der Waals surface area contributed by atoms with Crippen molar-refractivity contribution >= 4 is 0 Å². The zero-order chi connectivity index (χ0) is 2.71. The number of hydrogen-bond donors (Lipinski definition) is 0. The summed E-state index contributed by atoms with van der Waals surface area (Å²) in [6.45, 7) is 5.50. The van der Waals surface area contributed by atoms with E-state index in [1.54, 1.807) is 0 Å². The Hall–Kier alpha value is 0.584. The van der Waals surface area contributed by atoms with Crippen molar-refractivity contribution < 1.29 is 18.6 Å². The molecule has 1 heteroatoms. The van der Waals surface area contributed by atoms with E-state index in [1.807, 2.05) is 6.92 Å². The second-order valence-corrected chi connectivity index (χ2v) is 0.500. The summed E-state index contributed by atoms with van der Waals surface area (Å²) in [6, 6.07) is 0. The molecule has 1 radical (unpaired) electrons. The summed E-state index contributed by atoms with van der Waals surface area (Å²) < 4.78 is 0. The van der Waals surface area contributed by atoms with Gasteiger partial charge >= 0.3 is 18.6 Å². The summed E-state index contributed by atoms with van der Waals surface area (Å²) in [5.41, 5.74) is 0. The van der Waals surface area contributed by atoms with Gasteiger partial charge in [0.2, 0.25) is 0 Å². The molecule has 0 aromatic rings. The van der Waals surface area contributed by atoms with Gasteiger partial charge in [-0.25, -0.2) is 0 Å². The van der Waals surface area contributed by atoms with E-state index < -0.39 is 0 Å². The molecule has 0 heterocycles. The van der Waals surface area contributed by atoms with E-state index in [-0.39, 0.29) is 18.6 Å². The van der Waals surface area contributed by atoms with Gasteiger partial charge in [-0.3, -0.25) is 0 Å². The van der Waals surface area contributed by atoms with Crippen LogP contribution in [0.25, 0.3) is 0 Å². The van der Waals surface area contributed by atoms with Crippen molar-refractivity contribution in [3.8, 4) is 0 Å². The van der Waals surface area contributed by atoms with Gasteiger partial charge in [-0.15, -0.1) is 0 Å². The van der Waals surface area contributed by atoms with Gasteiger partial charge < -0.3 is 6.92 Å². The molecule has 0 spiro atoms. The second kappa shape index (κ2) is 9.54. The molecule has 0 bridgehead atoms. The predicted octanol–water partition coefficient (Wildman–Crippen LogP) is 1.23. The average Bonchev–Trinajstić information content (AvgIpc) is 0.918. The molecule has 0 aliphatic rings. The Kier molecular flexibility index (Phi) is 21.0. The van der Waals surface area contributed by atoms with E-state index in [0.717, 1.165) is 6.42 Å². The molecule has 0 unspecified atom stereocenters. The molecule has 0 amide bonds. The minimum atomic E-state index is 0. The maximum absolute atomic E-state index is 3.49. The van der Waals surface area contributed by atoms with E-state index in [1.165, 1.54) is 0 Å². The van der Waals surface area contributed by atoms with Crippen LogP contribution < -0.4 is 0 Å². The molecule has 0 aromatic heterocycles. The first-order chi connectivity index (χ1) is 1.41. The van der Waals surface area contributed by atoms with E-state index in [9.17, 15) is 0 Å². The second-order valence-electron chi connectivity index (χ2n) is 0.500. The van der Waals surface area contributed by atoms with Gasteiger partial charge in [0.05, 0.1) is 0 Å². The summed E-state index contributed by atoms with van der Waals surface area (Å²) in [5.74, 6) is 0. The Labute approximate surface area is 39.5 Å². The zero-order valence-corrected chi connectivity index (χ0v) is 4.26. The normalized spacial score (nSPS) is 4.50. The first-order valence-corrected chi connectivity index (χ1v) is 1.21. The van der Waals surface area contributed by atoms with Crippen LogP contribution in [0.2, 0.25) is 0 Å². The summed E-state index contributed by atoms with van der Waals surface area (Å²) in [4.78, 5) is 0.